The van der Waals surface area contributed by atoms with Gasteiger partial charge in [0.05, 0.1) is 16.2 Å². The molecule has 9 heteroatoms. The molecule has 0 bridgehead atoms. The lowest BCUT2D eigenvalue weighted by atomic mass is 10.2. The van der Waals surface area contributed by atoms with E-state index in [9.17, 15) is 22.8 Å². The van der Waals surface area contributed by atoms with Gasteiger partial charge in [-0.15, -0.1) is 0 Å². The Hall–Kier alpha value is -3.59. The molecular formula is C25H20F3N3O2S. The van der Waals surface area contributed by atoms with Crippen LogP contribution in [0.25, 0.3) is 11.8 Å². The van der Waals surface area contributed by atoms with Crippen molar-refractivity contribution in [3.05, 3.63) is 88.1 Å². The number of aliphatic imine (C=N–C) groups is 1. The van der Waals surface area contributed by atoms with Crippen molar-refractivity contribution in [2.75, 3.05) is 4.90 Å². The van der Waals surface area contributed by atoms with Crippen LogP contribution in [0.15, 0.2) is 70.6 Å². The molecule has 4 rings (SSSR count). The number of anilines is 1. The smallest absolute Gasteiger partial charge is 0.318 e. The molecule has 0 spiro atoms. The zero-order chi connectivity index (χ0) is 24.6. The number of para-hydroxylation sites is 1. The van der Waals surface area contributed by atoms with E-state index in [1.807, 2.05) is 30.5 Å². The van der Waals surface area contributed by atoms with E-state index in [4.69, 9.17) is 0 Å². The lowest BCUT2D eigenvalue weighted by Crippen LogP contribution is -2.32. The van der Waals surface area contributed by atoms with E-state index in [-0.39, 0.29) is 11.1 Å². The largest absolute Gasteiger partial charge is 0.416 e. The van der Waals surface area contributed by atoms with Gasteiger partial charge in [-0.1, -0.05) is 18.2 Å². The Balaban J connectivity index is 1.63. The number of hydrogen-bond acceptors (Lipinski definition) is 3. The van der Waals surface area contributed by atoms with Crippen LogP contribution in [0.4, 0.5) is 18.9 Å². The average molecular weight is 484 g/mol. The monoisotopic (exact) mass is 483 g/mol. The summed E-state index contributed by atoms with van der Waals surface area (Å²) in [5.41, 5.74) is 2.77. The van der Waals surface area contributed by atoms with Gasteiger partial charge in [-0.25, -0.2) is 0 Å². The predicted octanol–water partition coefficient (Wildman–Crippen LogP) is 6.14. The summed E-state index contributed by atoms with van der Waals surface area (Å²) in [5.74, 6) is -0.728. The summed E-state index contributed by atoms with van der Waals surface area (Å²) < 4.78 is 40.6. The van der Waals surface area contributed by atoms with Crippen LogP contribution in [0, 0.1) is 13.8 Å². The molecule has 0 N–H and O–H groups in total. The summed E-state index contributed by atoms with van der Waals surface area (Å²) >= 11 is 1.10. The number of carbonyl (C=O) groups excluding carboxylic acids is 2. The third-order valence-corrected chi connectivity index (χ3v) is 6.31. The lowest BCUT2D eigenvalue weighted by Gasteiger charge is -2.19. The Morgan fingerprint density at radius 1 is 1.06 bits per heavy atom. The molecule has 0 unspecified atom stereocenters. The molecule has 34 heavy (non-hydrogen) atoms. The normalized spacial score (nSPS) is 15.1. The van der Waals surface area contributed by atoms with Gasteiger partial charge in [0, 0.05) is 24.0 Å². The molecule has 0 fully saturated rings. The van der Waals surface area contributed by atoms with Crippen LogP contribution in [-0.4, -0.2) is 21.5 Å². The number of thioether (sulfide) groups is 1. The Kier molecular flexibility index (Phi) is 6.22. The first kappa shape index (κ1) is 23.6. The number of halogens is 3. The van der Waals surface area contributed by atoms with Crippen LogP contribution >= 0.6 is 11.8 Å². The van der Waals surface area contributed by atoms with Gasteiger partial charge in [-0.05, 0) is 79.7 Å². The Bertz CT molecular complexity index is 1320. The molecule has 2 aromatic carbocycles. The molecule has 174 valence electrons. The van der Waals surface area contributed by atoms with Gasteiger partial charge in [-0.3, -0.25) is 14.5 Å². The predicted molar refractivity (Wildman–Crippen MR) is 128 cm³/mol. The van der Waals surface area contributed by atoms with Gasteiger partial charge in [-0.2, -0.15) is 18.2 Å². The molecule has 2 heterocycles. The van der Waals surface area contributed by atoms with Gasteiger partial charge in [0.1, 0.15) is 0 Å². The fourth-order valence-electron chi connectivity index (χ4n) is 3.77. The number of rotatable bonds is 3. The highest BCUT2D eigenvalue weighted by Gasteiger charge is 2.31. The molecule has 1 aliphatic heterocycles. The van der Waals surface area contributed by atoms with E-state index in [0.717, 1.165) is 40.8 Å². The number of nitrogens with zero attached hydrogens (tertiary/aromatic N) is 3. The molecule has 0 atom stereocenters. The van der Waals surface area contributed by atoms with Crippen molar-refractivity contribution in [2.45, 2.75) is 26.9 Å². The van der Waals surface area contributed by atoms with Crippen molar-refractivity contribution < 1.29 is 22.8 Å². The molecule has 2 amide bonds. The molecule has 0 aliphatic carbocycles. The molecule has 0 saturated heterocycles. The second kappa shape index (κ2) is 8.98. The number of carbonyl (C=O) groups is 2. The van der Waals surface area contributed by atoms with E-state index < -0.39 is 17.6 Å². The van der Waals surface area contributed by atoms with Gasteiger partial charge in [0.2, 0.25) is 5.91 Å². The summed E-state index contributed by atoms with van der Waals surface area (Å²) in [6.45, 7) is 5.07. The number of alkyl halides is 3. The molecular weight excluding hydrogens is 463 g/mol. The number of amidine groups is 1. The molecule has 1 aliphatic rings. The average Bonchev–Trinajstić information content (AvgIpc) is 3.26. The molecule has 0 radical (unpaired) electrons. The van der Waals surface area contributed by atoms with Crippen LogP contribution in [0.2, 0.25) is 0 Å². The summed E-state index contributed by atoms with van der Waals surface area (Å²) in [5, 5.41) is 0.270. The first-order valence-corrected chi connectivity index (χ1v) is 11.1. The number of amides is 2. The van der Waals surface area contributed by atoms with E-state index in [0.29, 0.717) is 16.3 Å². The fourth-order valence-corrected chi connectivity index (χ4v) is 4.74. The zero-order valence-electron chi connectivity index (χ0n) is 18.6. The minimum absolute atomic E-state index is 0.270. The van der Waals surface area contributed by atoms with Crippen molar-refractivity contribution in [3.63, 3.8) is 0 Å². The van der Waals surface area contributed by atoms with E-state index >= 15 is 0 Å². The third-order valence-electron chi connectivity index (χ3n) is 5.34. The maximum absolute atomic E-state index is 12.9. The van der Waals surface area contributed by atoms with Gasteiger partial charge in [0.15, 0.2) is 5.17 Å². The fraction of sp³-hybridized carbons (Fsp3) is 0.160. The van der Waals surface area contributed by atoms with E-state index in [1.54, 1.807) is 30.3 Å². The summed E-state index contributed by atoms with van der Waals surface area (Å²) in [6.07, 6.45) is -2.71. The summed E-state index contributed by atoms with van der Waals surface area (Å²) in [6, 6.07) is 15.7. The second-order valence-corrected chi connectivity index (χ2v) is 8.72. The van der Waals surface area contributed by atoms with E-state index in [2.05, 4.69) is 4.99 Å². The minimum Gasteiger partial charge on any atom is -0.318 e. The Morgan fingerprint density at radius 2 is 1.71 bits per heavy atom. The number of aromatic nitrogens is 1. The van der Waals surface area contributed by atoms with Crippen LogP contribution < -0.4 is 4.90 Å². The number of hydrogen-bond donors (Lipinski definition) is 0. The first-order chi connectivity index (χ1) is 16.1. The van der Waals surface area contributed by atoms with Gasteiger partial charge >= 0.3 is 6.18 Å². The van der Waals surface area contributed by atoms with Crippen molar-refractivity contribution in [3.8, 4) is 5.69 Å². The van der Waals surface area contributed by atoms with Crippen LogP contribution in [0.1, 0.15) is 29.4 Å². The zero-order valence-corrected chi connectivity index (χ0v) is 19.4. The lowest BCUT2D eigenvalue weighted by molar-refractivity contribution is -0.137. The van der Waals surface area contributed by atoms with Crippen molar-refractivity contribution in [1.82, 2.24) is 4.57 Å². The van der Waals surface area contributed by atoms with Crippen LogP contribution in [-0.2, 0) is 15.8 Å². The minimum atomic E-state index is -4.40. The molecule has 0 saturated carbocycles. The molecule has 3 aromatic rings. The number of benzene rings is 2. The second-order valence-electron chi connectivity index (χ2n) is 7.71. The Morgan fingerprint density at radius 3 is 2.29 bits per heavy atom. The van der Waals surface area contributed by atoms with Crippen LogP contribution in [0.3, 0.4) is 0 Å². The van der Waals surface area contributed by atoms with Crippen molar-refractivity contribution in [2.24, 2.45) is 4.99 Å². The first-order valence-electron chi connectivity index (χ1n) is 10.3. The maximum Gasteiger partial charge on any atom is 0.416 e. The van der Waals surface area contributed by atoms with Gasteiger partial charge < -0.3 is 4.57 Å². The van der Waals surface area contributed by atoms with Crippen LogP contribution in [0.5, 0.6) is 0 Å². The quantitative estimate of drug-likeness (QED) is 0.421. The highest BCUT2D eigenvalue weighted by molar-refractivity contribution is 8.19. The highest BCUT2D eigenvalue weighted by Crippen LogP contribution is 2.34. The third kappa shape index (κ3) is 4.56. The van der Waals surface area contributed by atoms with Crippen molar-refractivity contribution >= 4 is 40.5 Å². The SMILES string of the molecule is CC(=O)N(C1=NC(=O)/C(=C/c2cc(C)n(-c3ccc(C(F)(F)F)cc3)c2C)S1)c1ccccc1. The van der Waals surface area contributed by atoms with E-state index in [1.165, 1.54) is 24.0 Å². The van der Waals surface area contributed by atoms with Crippen molar-refractivity contribution in [1.29, 1.82) is 0 Å². The van der Waals surface area contributed by atoms with Gasteiger partial charge in [0.25, 0.3) is 5.91 Å². The Labute approximate surface area is 198 Å². The standard InChI is InChI=1S/C25H20F3N3O2S/c1-15-13-18(16(2)30(15)21-11-9-19(10-12-21)25(26,27)28)14-22-23(33)29-24(34-22)31(17(3)32)20-7-5-4-6-8-20/h4-14H,1-3H3/b22-14-. The topological polar surface area (TPSA) is 54.7 Å². The molecule has 5 nitrogen and oxygen atoms in total. The summed E-state index contributed by atoms with van der Waals surface area (Å²) in [4.78, 5) is 30.7. The summed E-state index contributed by atoms with van der Waals surface area (Å²) in [7, 11) is 0. The number of aryl methyl sites for hydroxylation is 1. The highest BCUT2D eigenvalue weighted by atomic mass is 32.2. The maximum atomic E-state index is 12.9. The molecule has 1 aromatic heterocycles.